The molecule has 7 nitrogen and oxygen atoms in total. The second kappa shape index (κ2) is 9.07. The fraction of sp³-hybridized carbons (Fsp3) is 0.115. The Morgan fingerprint density at radius 2 is 1.44 bits per heavy atom. The summed E-state index contributed by atoms with van der Waals surface area (Å²) in [5, 5.41) is 4.88. The molecular formula is C26H22N2O5S. The molecule has 0 bridgehead atoms. The van der Waals surface area contributed by atoms with Gasteiger partial charge in [-0.3, -0.25) is 9.52 Å². The number of carbonyl (C=O) groups is 1. The van der Waals surface area contributed by atoms with Crippen LogP contribution in [0.2, 0.25) is 0 Å². The third-order valence-corrected chi connectivity index (χ3v) is 6.81. The summed E-state index contributed by atoms with van der Waals surface area (Å²) in [4.78, 5) is 12.7. The van der Waals surface area contributed by atoms with E-state index in [0.717, 1.165) is 17.2 Å². The second-order valence-electron chi connectivity index (χ2n) is 7.86. The molecule has 1 aliphatic rings. The van der Waals surface area contributed by atoms with Gasteiger partial charge in [-0.15, -0.1) is 0 Å². The van der Waals surface area contributed by atoms with Crippen molar-refractivity contribution in [1.82, 2.24) is 0 Å². The highest BCUT2D eigenvalue weighted by Crippen LogP contribution is 2.32. The van der Waals surface area contributed by atoms with E-state index in [-0.39, 0.29) is 10.8 Å². The monoisotopic (exact) mass is 474 g/mol. The molecule has 0 aromatic heterocycles. The number of carbonyl (C=O) groups excluding carboxylic acids is 1. The highest BCUT2D eigenvalue weighted by Gasteiger charge is 2.19. The molecule has 0 radical (unpaired) electrons. The van der Waals surface area contributed by atoms with Gasteiger partial charge in [-0.25, -0.2) is 8.42 Å². The maximum absolute atomic E-state index is 12.9. The Kier molecular flexibility index (Phi) is 5.81. The topological polar surface area (TPSA) is 93.7 Å². The second-order valence-corrected chi connectivity index (χ2v) is 9.54. The zero-order chi connectivity index (χ0) is 23.5. The third-order valence-electron chi connectivity index (χ3n) is 5.44. The van der Waals surface area contributed by atoms with Crippen LogP contribution < -0.4 is 19.5 Å². The van der Waals surface area contributed by atoms with Gasteiger partial charge in [-0.2, -0.15) is 0 Å². The molecule has 4 aromatic rings. The molecule has 0 atom stereocenters. The summed E-state index contributed by atoms with van der Waals surface area (Å²) < 4.78 is 39.4. The van der Waals surface area contributed by atoms with E-state index in [1.54, 1.807) is 36.4 Å². The van der Waals surface area contributed by atoms with Crippen molar-refractivity contribution in [2.45, 2.75) is 11.3 Å². The lowest BCUT2D eigenvalue weighted by Crippen LogP contribution is -2.14. The maximum atomic E-state index is 12.9. The zero-order valence-electron chi connectivity index (χ0n) is 18.2. The zero-order valence-corrected chi connectivity index (χ0v) is 19.0. The summed E-state index contributed by atoms with van der Waals surface area (Å²) in [6, 6.07) is 24.3. The fourth-order valence-electron chi connectivity index (χ4n) is 3.68. The molecule has 34 heavy (non-hydrogen) atoms. The highest BCUT2D eigenvalue weighted by atomic mass is 32.2. The van der Waals surface area contributed by atoms with Gasteiger partial charge >= 0.3 is 0 Å². The Hall–Kier alpha value is -4.04. The Balaban J connectivity index is 1.28. The first-order valence-corrected chi connectivity index (χ1v) is 12.3. The molecule has 5 rings (SSSR count). The number of anilines is 2. The highest BCUT2D eigenvalue weighted by molar-refractivity contribution is 7.92. The van der Waals surface area contributed by atoms with Gasteiger partial charge in [0.15, 0.2) is 11.5 Å². The van der Waals surface area contributed by atoms with E-state index in [1.165, 1.54) is 12.1 Å². The van der Waals surface area contributed by atoms with E-state index in [0.29, 0.717) is 41.7 Å². The summed E-state index contributed by atoms with van der Waals surface area (Å²) >= 11 is 0. The van der Waals surface area contributed by atoms with E-state index >= 15 is 0 Å². The number of sulfonamides is 1. The van der Waals surface area contributed by atoms with E-state index in [2.05, 4.69) is 10.0 Å². The number of nitrogens with one attached hydrogen (secondary N) is 2. The van der Waals surface area contributed by atoms with Crippen molar-refractivity contribution in [2.75, 3.05) is 23.3 Å². The number of ether oxygens (including phenoxy) is 2. The van der Waals surface area contributed by atoms with Crippen LogP contribution in [0.1, 0.15) is 16.8 Å². The van der Waals surface area contributed by atoms with Gasteiger partial charge in [-0.1, -0.05) is 30.3 Å². The quantitative estimate of drug-likeness (QED) is 0.422. The predicted molar refractivity (Wildman–Crippen MR) is 131 cm³/mol. The van der Waals surface area contributed by atoms with Crippen LogP contribution in [0.15, 0.2) is 89.8 Å². The Bertz CT molecular complexity index is 1470. The van der Waals surface area contributed by atoms with Crippen molar-refractivity contribution < 1.29 is 22.7 Å². The molecule has 2 N–H and O–H groups in total. The summed E-state index contributed by atoms with van der Waals surface area (Å²) in [5.74, 6) is 0.696. The number of hydrogen-bond donors (Lipinski definition) is 2. The van der Waals surface area contributed by atoms with Crippen molar-refractivity contribution in [3.63, 3.8) is 0 Å². The van der Waals surface area contributed by atoms with Gasteiger partial charge in [0.25, 0.3) is 15.9 Å². The molecule has 1 amide bonds. The van der Waals surface area contributed by atoms with Crippen LogP contribution in [0, 0.1) is 0 Å². The molecule has 172 valence electrons. The SMILES string of the molecule is O=C(Nc1ccc(NS(=O)(=O)c2ccc3c(c2)OCCCO3)cc1)c1ccc2ccccc2c1. The normalized spacial score (nSPS) is 13.2. The van der Waals surface area contributed by atoms with Crippen molar-refractivity contribution >= 4 is 38.1 Å². The molecule has 0 saturated carbocycles. The van der Waals surface area contributed by atoms with Gasteiger partial charge in [0.05, 0.1) is 18.1 Å². The maximum Gasteiger partial charge on any atom is 0.262 e. The first-order valence-electron chi connectivity index (χ1n) is 10.8. The minimum absolute atomic E-state index is 0.0745. The van der Waals surface area contributed by atoms with Crippen molar-refractivity contribution in [2.24, 2.45) is 0 Å². The number of fused-ring (bicyclic) bond motifs is 2. The van der Waals surface area contributed by atoms with Crippen molar-refractivity contribution in [3.05, 3.63) is 90.5 Å². The molecule has 1 heterocycles. The van der Waals surface area contributed by atoms with Crippen LogP contribution in [0.5, 0.6) is 11.5 Å². The van der Waals surface area contributed by atoms with Gasteiger partial charge in [-0.05, 0) is 59.3 Å². The van der Waals surface area contributed by atoms with Crippen LogP contribution in [0.25, 0.3) is 10.8 Å². The van der Waals surface area contributed by atoms with E-state index in [1.807, 2.05) is 36.4 Å². The molecule has 8 heteroatoms. The Morgan fingerprint density at radius 1 is 0.735 bits per heavy atom. The van der Waals surface area contributed by atoms with E-state index < -0.39 is 10.0 Å². The Morgan fingerprint density at radius 3 is 2.24 bits per heavy atom. The minimum Gasteiger partial charge on any atom is -0.490 e. The molecular weight excluding hydrogens is 452 g/mol. The standard InChI is InChI=1S/C26H22N2O5S/c29-26(20-7-6-18-4-1-2-5-19(18)16-20)27-21-8-10-22(11-9-21)28-34(30,31)23-12-13-24-25(17-23)33-15-3-14-32-24/h1-2,4-13,16-17,28H,3,14-15H2,(H,27,29). The van der Waals surface area contributed by atoms with Crippen LogP contribution in [-0.2, 0) is 10.0 Å². The van der Waals surface area contributed by atoms with Crippen LogP contribution >= 0.6 is 0 Å². The molecule has 0 aliphatic carbocycles. The summed E-state index contributed by atoms with van der Waals surface area (Å²) in [6.45, 7) is 0.997. The van der Waals surface area contributed by atoms with Gasteiger partial charge in [0, 0.05) is 29.4 Å². The largest absolute Gasteiger partial charge is 0.490 e. The number of hydrogen-bond acceptors (Lipinski definition) is 5. The molecule has 0 fully saturated rings. The summed E-state index contributed by atoms with van der Waals surface area (Å²) in [5.41, 5.74) is 1.46. The van der Waals surface area contributed by atoms with Gasteiger partial charge in [0.1, 0.15) is 0 Å². The Labute approximate surface area is 197 Å². The smallest absolute Gasteiger partial charge is 0.262 e. The van der Waals surface area contributed by atoms with Crippen molar-refractivity contribution in [1.29, 1.82) is 0 Å². The number of benzene rings is 4. The van der Waals surface area contributed by atoms with E-state index in [4.69, 9.17) is 9.47 Å². The molecule has 0 unspecified atom stereocenters. The molecule has 1 aliphatic heterocycles. The van der Waals surface area contributed by atoms with Gasteiger partial charge in [0.2, 0.25) is 0 Å². The molecule has 4 aromatic carbocycles. The summed E-state index contributed by atoms with van der Waals surface area (Å²) in [6.07, 6.45) is 0.735. The van der Waals surface area contributed by atoms with Crippen LogP contribution in [0.3, 0.4) is 0 Å². The lowest BCUT2D eigenvalue weighted by Gasteiger charge is -2.12. The lowest BCUT2D eigenvalue weighted by atomic mass is 10.1. The molecule has 0 saturated heterocycles. The first kappa shape index (κ1) is 21.8. The first-order chi connectivity index (χ1) is 16.5. The minimum atomic E-state index is -3.83. The van der Waals surface area contributed by atoms with Gasteiger partial charge < -0.3 is 14.8 Å². The number of amides is 1. The van der Waals surface area contributed by atoms with Crippen LogP contribution in [0.4, 0.5) is 11.4 Å². The van der Waals surface area contributed by atoms with E-state index in [9.17, 15) is 13.2 Å². The average Bonchev–Trinajstić information content (AvgIpc) is 3.10. The lowest BCUT2D eigenvalue weighted by molar-refractivity contribution is 0.102. The average molecular weight is 475 g/mol. The summed E-state index contributed by atoms with van der Waals surface area (Å²) in [7, 11) is -3.83. The molecule has 0 spiro atoms. The fourth-order valence-corrected chi connectivity index (χ4v) is 4.75. The predicted octanol–water partition coefficient (Wildman–Crippen LogP) is 5.05. The van der Waals surface area contributed by atoms with Crippen molar-refractivity contribution in [3.8, 4) is 11.5 Å². The third kappa shape index (κ3) is 4.67. The number of rotatable bonds is 5. The van der Waals surface area contributed by atoms with Crippen LogP contribution in [-0.4, -0.2) is 27.5 Å².